The van der Waals surface area contributed by atoms with Crippen LogP contribution in [0.1, 0.15) is 12.8 Å². The number of carbonyl (C=O) groups excluding carboxylic acids is 1. The van der Waals surface area contributed by atoms with Gasteiger partial charge in [0.25, 0.3) is 0 Å². The normalized spacial score (nSPS) is 15.4. The van der Waals surface area contributed by atoms with Gasteiger partial charge < -0.3 is 25.4 Å². The molecule has 0 saturated carbocycles. The monoisotopic (exact) mass is 394 g/mol. The number of carbonyl (C=O) groups is 1. The molecule has 0 radical (unpaired) electrons. The summed E-state index contributed by atoms with van der Waals surface area (Å²) in [5, 5.41) is 4.13. The van der Waals surface area contributed by atoms with Gasteiger partial charge in [0, 0.05) is 50.4 Å². The number of anilines is 3. The molecule has 0 atom stereocenters. The van der Waals surface area contributed by atoms with Crippen LogP contribution in [0.4, 0.5) is 17.5 Å². The van der Waals surface area contributed by atoms with Gasteiger partial charge in [0.05, 0.1) is 11.9 Å². The highest BCUT2D eigenvalue weighted by atomic mass is 16.1. The number of hydrogen-bond donors (Lipinski definition) is 2. The standard InChI is InChI=1S/C20H26N8O/c1-26-7-2-8-27(12-11-26)18-4-3-16(14-22-18)24-20-23-13-15-5-9-28(19(15)25-20)10-6-17(21)29/h3-5,9,13-14H,2,6-8,10-12H2,1H3,(H2,21,29)(H,23,24,25). The Labute approximate surface area is 169 Å². The van der Waals surface area contributed by atoms with Gasteiger partial charge in [0.2, 0.25) is 11.9 Å². The minimum Gasteiger partial charge on any atom is -0.370 e. The molecule has 0 spiro atoms. The van der Waals surface area contributed by atoms with Gasteiger partial charge in [-0.05, 0) is 38.2 Å². The molecule has 1 saturated heterocycles. The zero-order valence-corrected chi connectivity index (χ0v) is 16.6. The number of rotatable bonds is 6. The minimum atomic E-state index is -0.332. The summed E-state index contributed by atoms with van der Waals surface area (Å²) in [5.41, 5.74) is 6.85. The van der Waals surface area contributed by atoms with Gasteiger partial charge in [-0.25, -0.2) is 9.97 Å². The predicted molar refractivity (Wildman–Crippen MR) is 113 cm³/mol. The highest BCUT2D eigenvalue weighted by Gasteiger charge is 2.13. The number of hydrogen-bond acceptors (Lipinski definition) is 7. The Morgan fingerprint density at radius 3 is 2.83 bits per heavy atom. The predicted octanol–water partition coefficient (Wildman–Crippen LogP) is 1.59. The molecule has 29 heavy (non-hydrogen) atoms. The van der Waals surface area contributed by atoms with E-state index in [9.17, 15) is 4.79 Å². The van der Waals surface area contributed by atoms with Gasteiger partial charge in [-0.2, -0.15) is 4.98 Å². The largest absolute Gasteiger partial charge is 0.370 e. The lowest BCUT2D eigenvalue weighted by molar-refractivity contribution is -0.118. The molecule has 1 aliphatic heterocycles. The smallest absolute Gasteiger partial charge is 0.229 e. The highest BCUT2D eigenvalue weighted by molar-refractivity contribution is 5.77. The molecule has 1 aliphatic rings. The molecule has 0 aliphatic carbocycles. The molecular weight excluding hydrogens is 368 g/mol. The van der Waals surface area contributed by atoms with E-state index in [2.05, 4.69) is 37.1 Å². The van der Waals surface area contributed by atoms with Crippen molar-refractivity contribution in [2.75, 3.05) is 43.4 Å². The molecule has 0 bridgehead atoms. The zero-order chi connectivity index (χ0) is 20.2. The van der Waals surface area contributed by atoms with Crippen molar-refractivity contribution < 1.29 is 4.79 Å². The maximum Gasteiger partial charge on any atom is 0.229 e. The maximum absolute atomic E-state index is 11.1. The summed E-state index contributed by atoms with van der Waals surface area (Å²) in [5.74, 6) is 1.14. The summed E-state index contributed by atoms with van der Waals surface area (Å²) in [7, 11) is 2.16. The number of aromatic nitrogens is 4. The minimum absolute atomic E-state index is 0.272. The number of primary amides is 1. The van der Waals surface area contributed by atoms with Gasteiger partial charge >= 0.3 is 0 Å². The molecule has 1 fully saturated rings. The van der Waals surface area contributed by atoms with Crippen LogP contribution in [0.15, 0.2) is 36.8 Å². The van der Waals surface area contributed by atoms with E-state index in [4.69, 9.17) is 5.73 Å². The van der Waals surface area contributed by atoms with Crippen LogP contribution in [-0.2, 0) is 11.3 Å². The Morgan fingerprint density at radius 1 is 1.14 bits per heavy atom. The Hall–Kier alpha value is -3.20. The molecule has 0 aromatic carbocycles. The molecule has 9 nitrogen and oxygen atoms in total. The number of nitrogens with two attached hydrogens (primary N) is 1. The van der Waals surface area contributed by atoms with Crippen LogP contribution in [0.25, 0.3) is 11.0 Å². The molecule has 3 aromatic heterocycles. The number of nitrogens with zero attached hydrogens (tertiary/aromatic N) is 6. The average Bonchev–Trinajstić information content (AvgIpc) is 2.99. The SMILES string of the molecule is CN1CCCN(c2ccc(Nc3ncc4ccn(CCC(N)=O)c4n3)cn2)CC1. The second-order valence-corrected chi connectivity index (χ2v) is 7.37. The third kappa shape index (κ3) is 4.62. The van der Waals surface area contributed by atoms with E-state index in [0.717, 1.165) is 55.1 Å². The van der Waals surface area contributed by atoms with Crippen molar-refractivity contribution in [3.63, 3.8) is 0 Å². The van der Waals surface area contributed by atoms with E-state index in [1.54, 1.807) is 6.20 Å². The lowest BCUT2D eigenvalue weighted by Crippen LogP contribution is -2.29. The van der Waals surface area contributed by atoms with Gasteiger partial charge in [-0.1, -0.05) is 0 Å². The molecule has 9 heteroatoms. The van der Waals surface area contributed by atoms with E-state index >= 15 is 0 Å². The zero-order valence-electron chi connectivity index (χ0n) is 16.6. The fraction of sp³-hybridized carbons (Fsp3) is 0.400. The number of fused-ring (bicyclic) bond motifs is 1. The van der Waals surface area contributed by atoms with Gasteiger partial charge in [-0.15, -0.1) is 0 Å². The van der Waals surface area contributed by atoms with Gasteiger partial charge in [0.15, 0.2) is 0 Å². The van der Waals surface area contributed by atoms with Crippen molar-refractivity contribution in [3.8, 4) is 0 Å². The summed E-state index contributed by atoms with van der Waals surface area (Å²) in [6.07, 6.45) is 6.88. The van der Waals surface area contributed by atoms with Gasteiger partial charge in [0.1, 0.15) is 11.5 Å². The third-order valence-electron chi connectivity index (χ3n) is 5.15. The van der Waals surface area contributed by atoms with E-state index in [-0.39, 0.29) is 12.3 Å². The number of likely N-dealkylation sites (N-methyl/N-ethyl adjacent to an activating group) is 1. The summed E-state index contributed by atoms with van der Waals surface area (Å²) < 4.78 is 1.91. The molecule has 152 valence electrons. The van der Waals surface area contributed by atoms with E-state index in [1.807, 2.05) is 35.2 Å². The Morgan fingerprint density at radius 2 is 2.03 bits per heavy atom. The summed E-state index contributed by atoms with van der Waals surface area (Å²) in [6, 6.07) is 5.95. The molecule has 1 amide bonds. The average molecular weight is 394 g/mol. The van der Waals surface area contributed by atoms with Crippen molar-refractivity contribution >= 4 is 34.4 Å². The first-order valence-corrected chi connectivity index (χ1v) is 9.85. The number of nitrogens with one attached hydrogen (secondary N) is 1. The number of amides is 1. The van der Waals surface area contributed by atoms with Crippen LogP contribution in [-0.4, -0.2) is 63.6 Å². The van der Waals surface area contributed by atoms with Crippen LogP contribution in [0.5, 0.6) is 0 Å². The summed E-state index contributed by atoms with van der Waals surface area (Å²) >= 11 is 0. The van der Waals surface area contributed by atoms with E-state index in [1.165, 1.54) is 0 Å². The van der Waals surface area contributed by atoms with Gasteiger partial charge in [-0.3, -0.25) is 4.79 Å². The van der Waals surface area contributed by atoms with Crippen molar-refractivity contribution in [1.29, 1.82) is 0 Å². The van der Waals surface area contributed by atoms with Crippen molar-refractivity contribution in [3.05, 3.63) is 36.8 Å². The first kappa shape index (κ1) is 19.1. The van der Waals surface area contributed by atoms with Crippen LogP contribution in [0.2, 0.25) is 0 Å². The first-order valence-electron chi connectivity index (χ1n) is 9.85. The van der Waals surface area contributed by atoms with E-state index in [0.29, 0.717) is 12.5 Å². The van der Waals surface area contributed by atoms with Crippen molar-refractivity contribution in [1.82, 2.24) is 24.4 Å². The van der Waals surface area contributed by atoms with Crippen LogP contribution < -0.4 is 16.0 Å². The lowest BCUT2D eigenvalue weighted by Gasteiger charge is -2.21. The number of aryl methyl sites for hydroxylation is 1. The topological polar surface area (TPSA) is 105 Å². The lowest BCUT2D eigenvalue weighted by atomic mass is 10.3. The van der Waals surface area contributed by atoms with Crippen LogP contribution in [0, 0.1) is 0 Å². The molecule has 3 N–H and O–H groups in total. The Kier molecular flexibility index (Phi) is 5.57. The molecule has 3 aromatic rings. The summed E-state index contributed by atoms with van der Waals surface area (Å²) in [4.78, 5) is 29.3. The highest BCUT2D eigenvalue weighted by Crippen LogP contribution is 2.20. The van der Waals surface area contributed by atoms with E-state index < -0.39 is 0 Å². The molecule has 4 rings (SSSR count). The second-order valence-electron chi connectivity index (χ2n) is 7.37. The van der Waals surface area contributed by atoms with Crippen LogP contribution >= 0.6 is 0 Å². The first-order chi connectivity index (χ1) is 14.1. The molecule has 0 unspecified atom stereocenters. The van der Waals surface area contributed by atoms with Crippen LogP contribution in [0.3, 0.4) is 0 Å². The molecule has 4 heterocycles. The Bertz CT molecular complexity index is 984. The fourth-order valence-corrected chi connectivity index (χ4v) is 3.49. The fourth-order valence-electron chi connectivity index (χ4n) is 3.49. The quantitative estimate of drug-likeness (QED) is 0.654. The Balaban J connectivity index is 1.46. The maximum atomic E-state index is 11.1. The molecular formula is C20H26N8O. The third-order valence-corrected chi connectivity index (χ3v) is 5.15. The van der Waals surface area contributed by atoms with Crippen molar-refractivity contribution in [2.45, 2.75) is 19.4 Å². The second kappa shape index (κ2) is 8.44. The summed E-state index contributed by atoms with van der Waals surface area (Å²) in [6.45, 7) is 4.67. The van der Waals surface area contributed by atoms with Crippen molar-refractivity contribution in [2.24, 2.45) is 5.73 Å². The number of pyridine rings is 1.